The van der Waals surface area contributed by atoms with Gasteiger partial charge in [0, 0.05) is 38.9 Å². The molecule has 7 nitrogen and oxygen atoms in total. The largest absolute Gasteiger partial charge is 0.350 e. The number of carbonyl (C=O) groups is 1. The van der Waals surface area contributed by atoms with Gasteiger partial charge >= 0.3 is 5.69 Å². The highest BCUT2D eigenvalue weighted by Crippen LogP contribution is 2.11. The van der Waals surface area contributed by atoms with Crippen LogP contribution in [0.15, 0.2) is 53.5 Å². The molecule has 0 atom stereocenters. The van der Waals surface area contributed by atoms with E-state index in [1.54, 1.807) is 18.3 Å². The summed E-state index contributed by atoms with van der Waals surface area (Å²) in [5, 5.41) is 4.26. The summed E-state index contributed by atoms with van der Waals surface area (Å²) in [6.07, 6.45) is 2.60. The van der Waals surface area contributed by atoms with E-state index in [4.69, 9.17) is 0 Å². The molecule has 3 heterocycles. The van der Waals surface area contributed by atoms with Crippen molar-refractivity contribution in [2.45, 2.75) is 26.4 Å². The lowest BCUT2D eigenvalue weighted by Crippen LogP contribution is -2.39. The summed E-state index contributed by atoms with van der Waals surface area (Å²) < 4.78 is 2.71. The number of fused-ring (bicyclic) bond motifs is 1. The number of hydrogen-bond donors (Lipinski definition) is 0. The summed E-state index contributed by atoms with van der Waals surface area (Å²) in [7, 11) is 0. The average molecular weight is 379 g/mol. The molecule has 3 aromatic rings. The molecule has 1 aliphatic heterocycles. The SMILES string of the molecule is Cc1ccc(CN2CCCN(C(=O)Cn3nc4ccccn4c3=O)CC2)cc1. The number of aryl methyl sites for hydroxylation is 1. The quantitative estimate of drug-likeness (QED) is 0.690. The van der Waals surface area contributed by atoms with Crippen LogP contribution in [-0.2, 0) is 17.9 Å². The van der Waals surface area contributed by atoms with Crippen LogP contribution in [0.2, 0.25) is 0 Å². The van der Waals surface area contributed by atoms with E-state index >= 15 is 0 Å². The molecule has 0 saturated carbocycles. The molecular formula is C21H25N5O2. The summed E-state index contributed by atoms with van der Waals surface area (Å²) in [6, 6.07) is 14.0. The van der Waals surface area contributed by atoms with E-state index in [0.29, 0.717) is 18.7 Å². The first-order valence-electron chi connectivity index (χ1n) is 9.70. The van der Waals surface area contributed by atoms with Crippen molar-refractivity contribution in [2.75, 3.05) is 26.2 Å². The van der Waals surface area contributed by atoms with Gasteiger partial charge in [0.05, 0.1) is 0 Å². The molecule has 1 amide bonds. The van der Waals surface area contributed by atoms with Crippen LogP contribution in [0.1, 0.15) is 17.5 Å². The Hall–Kier alpha value is -2.93. The predicted molar refractivity (Wildman–Crippen MR) is 107 cm³/mol. The van der Waals surface area contributed by atoms with Crippen molar-refractivity contribution in [3.63, 3.8) is 0 Å². The second-order valence-corrected chi connectivity index (χ2v) is 7.37. The van der Waals surface area contributed by atoms with Crippen molar-refractivity contribution < 1.29 is 4.79 Å². The molecular weight excluding hydrogens is 354 g/mol. The number of pyridine rings is 1. The lowest BCUT2D eigenvalue weighted by atomic mass is 10.1. The number of amides is 1. The molecule has 0 N–H and O–H groups in total. The first-order chi connectivity index (χ1) is 13.6. The van der Waals surface area contributed by atoms with Crippen molar-refractivity contribution in [3.05, 3.63) is 70.3 Å². The summed E-state index contributed by atoms with van der Waals surface area (Å²) in [6.45, 7) is 6.16. The van der Waals surface area contributed by atoms with Crippen molar-refractivity contribution in [1.82, 2.24) is 24.0 Å². The highest BCUT2D eigenvalue weighted by atomic mass is 16.2. The fourth-order valence-electron chi connectivity index (χ4n) is 3.63. The van der Waals surface area contributed by atoms with Gasteiger partial charge in [0.25, 0.3) is 0 Å². The van der Waals surface area contributed by atoms with Crippen LogP contribution in [0.3, 0.4) is 0 Å². The highest BCUT2D eigenvalue weighted by Gasteiger charge is 2.21. The van der Waals surface area contributed by atoms with Crippen molar-refractivity contribution >= 4 is 11.6 Å². The molecule has 1 saturated heterocycles. The van der Waals surface area contributed by atoms with Gasteiger partial charge in [0.2, 0.25) is 5.91 Å². The first kappa shape index (κ1) is 18.4. The zero-order valence-electron chi connectivity index (χ0n) is 16.1. The Morgan fingerprint density at radius 3 is 2.64 bits per heavy atom. The maximum atomic E-state index is 12.8. The maximum absolute atomic E-state index is 12.8. The monoisotopic (exact) mass is 379 g/mol. The molecule has 28 heavy (non-hydrogen) atoms. The molecule has 0 unspecified atom stereocenters. The third-order valence-corrected chi connectivity index (χ3v) is 5.24. The third kappa shape index (κ3) is 3.99. The Bertz CT molecular complexity index is 1020. The van der Waals surface area contributed by atoms with Gasteiger partial charge in [0.15, 0.2) is 5.65 Å². The summed E-state index contributed by atoms with van der Waals surface area (Å²) in [5.74, 6) is -0.0531. The van der Waals surface area contributed by atoms with Gasteiger partial charge in [-0.1, -0.05) is 35.9 Å². The smallest absolute Gasteiger partial charge is 0.340 e. The van der Waals surface area contributed by atoms with Gasteiger partial charge < -0.3 is 4.90 Å². The molecule has 2 aromatic heterocycles. The van der Waals surface area contributed by atoms with E-state index in [1.807, 2.05) is 11.0 Å². The number of benzene rings is 1. The predicted octanol–water partition coefficient (Wildman–Crippen LogP) is 1.54. The van der Waals surface area contributed by atoms with Gasteiger partial charge in [-0.05, 0) is 31.0 Å². The highest BCUT2D eigenvalue weighted by molar-refractivity contribution is 5.76. The Labute approximate surface area is 163 Å². The van der Waals surface area contributed by atoms with Crippen LogP contribution < -0.4 is 5.69 Å². The lowest BCUT2D eigenvalue weighted by molar-refractivity contribution is -0.132. The van der Waals surface area contributed by atoms with E-state index < -0.39 is 0 Å². The van der Waals surface area contributed by atoms with Gasteiger partial charge in [-0.25, -0.2) is 9.48 Å². The number of carbonyl (C=O) groups excluding carboxylic acids is 1. The minimum absolute atomic E-state index is 0.0154. The Morgan fingerprint density at radius 1 is 1.04 bits per heavy atom. The Kier molecular flexibility index (Phi) is 5.25. The van der Waals surface area contributed by atoms with E-state index in [-0.39, 0.29) is 18.1 Å². The van der Waals surface area contributed by atoms with Crippen LogP contribution in [0.5, 0.6) is 0 Å². The third-order valence-electron chi connectivity index (χ3n) is 5.24. The second kappa shape index (κ2) is 7.98. The van der Waals surface area contributed by atoms with Gasteiger partial charge in [-0.2, -0.15) is 0 Å². The topological polar surface area (TPSA) is 62.9 Å². The van der Waals surface area contributed by atoms with E-state index in [1.165, 1.54) is 20.2 Å². The van der Waals surface area contributed by atoms with Crippen LogP contribution in [0.25, 0.3) is 5.65 Å². The van der Waals surface area contributed by atoms with Gasteiger partial charge in [-0.15, -0.1) is 5.10 Å². The number of aromatic nitrogens is 3. The minimum atomic E-state index is -0.278. The zero-order valence-corrected chi connectivity index (χ0v) is 16.1. The van der Waals surface area contributed by atoms with E-state index in [2.05, 4.69) is 41.2 Å². The van der Waals surface area contributed by atoms with Gasteiger partial charge in [-0.3, -0.25) is 14.1 Å². The zero-order chi connectivity index (χ0) is 19.5. The number of hydrogen-bond acceptors (Lipinski definition) is 4. The molecule has 146 valence electrons. The molecule has 7 heteroatoms. The summed E-state index contributed by atoms with van der Waals surface area (Å²) in [4.78, 5) is 29.4. The van der Waals surface area contributed by atoms with Gasteiger partial charge in [0.1, 0.15) is 6.54 Å². The Morgan fingerprint density at radius 2 is 1.86 bits per heavy atom. The first-order valence-corrected chi connectivity index (χ1v) is 9.70. The molecule has 0 bridgehead atoms. The van der Waals surface area contributed by atoms with Crippen molar-refractivity contribution in [1.29, 1.82) is 0 Å². The van der Waals surface area contributed by atoms with Crippen LogP contribution in [0.4, 0.5) is 0 Å². The van der Waals surface area contributed by atoms with Crippen LogP contribution in [-0.4, -0.2) is 56.1 Å². The fourth-order valence-corrected chi connectivity index (χ4v) is 3.63. The summed E-state index contributed by atoms with van der Waals surface area (Å²) >= 11 is 0. The maximum Gasteiger partial charge on any atom is 0.350 e. The van der Waals surface area contributed by atoms with E-state index in [9.17, 15) is 9.59 Å². The molecule has 4 rings (SSSR count). The normalized spacial score (nSPS) is 15.7. The Balaban J connectivity index is 1.38. The van der Waals surface area contributed by atoms with Crippen molar-refractivity contribution in [3.8, 4) is 0 Å². The fraction of sp³-hybridized carbons (Fsp3) is 0.381. The average Bonchev–Trinajstić information content (AvgIpc) is 2.86. The number of rotatable bonds is 4. The molecule has 0 aliphatic carbocycles. The molecule has 1 aliphatic rings. The molecule has 1 aromatic carbocycles. The standard InChI is InChI=1S/C21H25N5O2/c1-17-6-8-18(9-7-17)15-23-10-4-11-24(14-13-23)20(27)16-26-21(28)25-12-3-2-5-19(25)22-26/h2-3,5-9,12H,4,10-11,13-16H2,1H3. The van der Waals surface area contributed by atoms with E-state index in [0.717, 1.165) is 26.1 Å². The molecule has 1 fully saturated rings. The summed E-state index contributed by atoms with van der Waals surface area (Å²) in [5.41, 5.74) is 2.83. The molecule has 0 radical (unpaired) electrons. The molecule has 0 spiro atoms. The second-order valence-electron chi connectivity index (χ2n) is 7.37. The van der Waals surface area contributed by atoms with Crippen molar-refractivity contribution in [2.24, 2.45) is 0 Å². The van der Waals surface area contributed by atoms with Crippen LogP contribution >= 0.6 is 0 Å². The van der Waals surface area contributed by atoms with Crippen LogP contribution in [0, 0.1) is 6.92 Å². The lowest BCUT2D eigenvalue weighted by Gasteiger charge is -2.22. The minimum Gasteiger partial charge on any atom is -0.340 e. The number of nitrogens with zero attached hydrogens (tertiary/aromatic N) is 5.